The summed E-state index contributed by atoms with van der Waals surface area (Å²) in [4.78, 5) is 25.3. The Hall–Kier alpha value is -2.23. The van der Waals surface area contributed by atoms with Gasteiger partial charge in [0, 0.05) is 19.1 Å². The maximum atomic E-state index is 12.9. The number of benzene rings is 1. The molecule has 0 spiro atoms. The van der Waals surface area contributed by atoms with Crippen molar-refractivity contribution < 1.29 is 18.0 Å². The highest BCUT2D eigenvalue weighted by Gasteiger charge is 2.34. The van der Waals surface area contributed by atoms with E-state index in [-0.39, 0.29) is 28.6 Å². The second kappa shape index (κ2) is 9.06. The number of hydrogen-bond acceptors (Lipinski definition) is 5. The van der Waals surface area contributed by atoms with Gasteiger partial charge in [-0.25, -0.2) is 8.42 Å². The summed E-state index contributed by atoms with van der Waals surface area (Å²) < 4.78 is 27.2. The minimum Gasteiger partial charge on any atom is -0.350 e. The molecule has 1 atom stereocenters. The lowest BCUT2D eigenvalue weighted by Crippen LogP contribution is -2.43. The van der Waals surface area contributed by atoms with E-state index in [9.17, 15) is 18.0 Å². The van der Waals surface area contributed by atoms with Gasteiger partial charge in [-0.15, -0.1) is 11.3 Å². The molecule has 1 unspecified atom stereocenters. The van der Waals surface area contributed by atoms with Crippen LogP contribution in [0.2, 0.25) is 0 Å². The van der Waals surface area contributed by atoms with Crippen LogP contribution in [-0.2, 0) is 14.8 Å². The first-order chi connectivity index (χ1) is 13.8. The number of hydrogen-bond donors (Lipinski definition) is 2. The number of anilines is 1. The number of para-hydroxylation sites is 1. The van der Waals surface area contributed by atoms with Crippen LogP contribution in [-0.4, -0.2) is 43.7 Å². The lowest BCUT2D eigenvalue weighted by Gasteiger charge is -2.31. The predicted molar refractivity (Wildman–Crippen MR) is 113 cm³/mol. The fourth-order valence-corrected chi connectivity index (χ4v) is 5.95. The Morgan fingerprint density at radius 1 is 1.17 bits per heavy atom. The molecule has 2 heterocycles. The normalized spacial score (nSPS) is 17.8. The number of carbonyl (C=O) groups is 2. The lowest BCUT2D eigenvalue weighted by atomic mass is 9.98. The van der Waals surface area contributed by atoms with Crippen molar-refractivity contribution in [3.8, 4) is 0 Å². The summed E-state index contributed by atoms with van der Waals surface area (Å²) in [5, 5.41) is 7.36. The van der Waals surface area contributed by atoms with Crippen LogP contribution in [0.15, 0.2) is 46.0 Å². The van der Waals surface area contributed by atoms with Gasteiger partial charge < -0.3 is 10.6 Å². The first-order valence-electron chi connectivity index (χ1n) is 9.53. The molecule has 2 amide bonds. The fourth-order valence-electron chi connectivity index (χ4n) is 3.28. The molecule has 2 aromatic rings. The zero-order valence-corrected chi connectivity index (χ0v) is 18.1. The van der Waals surface area contributed by atoms with Crippen LogP contribution < -0.4 is 10.6 Å². The highest BCUT2D eigenvalue weighted by atomic mass is 32.2. The van der Waals surface area contributed by atoms with Crippen molar-refractivity contribution in [3.63, 3.8) is 0 Å². The van der Waals surface area contributed by atoms with Crippen molar-refractivity contribution in [2.45, 2.75) is 36.9 Å². The highest BCUT2D eigenvalue weighted by molar-refractivity contribution is 7.91. The molecule has 0 bridgehead atoms. The molecule has 1 fully saturated rings. The molecule has 1 aliphatic heterocycles. The number of carbonyl (C=O) groups excluding carboxylic acids is 2. The van der Waals surface area contributed by atoms with E-state index in [1.807, 2.05) is 13.8 Å². The monoisotopic (exact) mass is 435 g/mol. The molecule has 7 nitrogen and oxygen atoms in total. The number of amides is 2. The van der Waals surface area contributed by atoms with Gasteiger partial charge in [0.15, 0.2) is 0 Å². The SMILES string of the molecule is CC(C)NC(=O)c1ccccc1NC(=O)C1CCCN(S(=O)(=O)c2cccs2)C1. The van der Waals surface area contributed by atoms with E-state index in [1.165, 1.54) is 15.6 Å². The molecule has 1 aromatic heterocycles. The van der Waals surface area contributed by atoms with Gasteiger partial charge in [-0.3, -0.25) is 9.59 Å². The minimum absolute atomic E-state index is 0.0272. The minimum atomic E-state index is -3.59. The molecule has 156 valence electrons. The number of rotatable bonds is 6. The van der Waals surface area contributed by atoms with E-state index >= 15 is 0 Å². The predicted octanol–water partition coefficient (Wildman–Crippen LogP) is 2.93. The number of piperidine rings is 1. The lowest BCUT2D eigenvalue weighted by molar-refractivity contribution is -0.120. The highest BCUT2D eigenvalue weighted by Crippen LogP contribution is 2.27. The fraction of sp³-hybridized carbons (Fsp3) is 0.400. The third kappa shape index (κ3) is 5.04. The van der Waals surface area contributed by atoms with Crippen LogP contribution in [0.5, 0.6) is 0 Å². The van der Waals surface area contributed by atoms with Crippen LogP contribution in [0, 0.1) is 5.92 Å². The Morgan fingerprint density at radius 2 is 1.93 bits per heavy atom. The summed E-state index contributed by atoms with van der Waals surface area (Å²) >= 11 is 1.17. The smallest absolute Gasteiger partial charge is 0.253 e. The molecule has 0 radical (unpaired) electrons. The van der Waals surface area contributed by atoms with Crippen molar-refractivity contribution in [2.75, 3.05) is 18.4 Å². The number of sulfonamides is 1. The van der Waals surface area contributed by atoms with Crippen LogP contribution in [0.3, 0.4) is 0 Å². The molecule has 1 saturated heterocycles. The number of thiophene rings is 1. The molecule has 1 aliphatic rings. The summed E-state index contributed by atoms with van der Waals surface area (Å²) in [5.74, 6) is -1.01. The maximum absolute atomic E-state index is 12.9. The summed E-state index contributed by atoms with van der Waals surface area (Å²) in [6, 6.07) is 10.1. The molecule has 0 saturated carbocycles. The molecule has 1 aromatic carbocycles. The second-order valence-electron chi connectivity index (χ2n) is 7.30. The van der Waals surface area contributed by atoms with Crippen molar-refractivity contribution in [1.82, 2.24) is 9.62 Å². The van der Waals surface area contributed by atoms with E-state index in [0.717, 1.165) is 0 Å². The number of nitrogens with zero attached hydrogens (tertiary/aromatic N) is 1. The quantitative estimate of drug-likeness (QED) is 0.729. The molecule has 2 N–H and O–H groups in total. The summed E-state index contributed by atoms with van der Waals surface area (Å²) in [6.07, 6.45) is 1.21. The van der Waals surface area contributed by atoms with Crippen molar-refractivity contribution in [2.24, 2.45) is 5.92 Å². The Kier molecular flexibility index (Phi) is 6.71. The molecular formula is C20H25N3O4S2. The zero-order chi connectivity index (χ0) is 21.0. The van der Waals surface area contributed by atoms with Gasteiger partial charge in [0.05, 0.1) is 17.2 Å². The Bertz CT molecular complexity index is 971. The molecule has 0 aliphatic carbocycles. The zero-order valence-electron chi connectivity index (χ0n) is 16.4. The van der Waals surface area contributed by atoms with Gasteiger partial charge >= 0.3 is 0 Å². The van der Waals surface area contributed by atoms with E-state index in [1.54, 1.807) is 41.8 Å². The molecular weight excluding hydrogens is 410 g/mol. The summed E-state index contributed by atoms with van der Waals surface area (Å²) in [6.45, 7) is 4.26. The van der Waals surface area contributed by atoms with Crippen LogP contribution in [0.25, 0.3) is 0 Å². The largest absolute Gasteiger partial charge is 0.350 e. The van der Waals surface area contributed by atoms with Gasteiger partial charge in [-0.2, -0.15) is 4.31 Å². The third-order valence-corrected chi connectivity index (χ3v) is 7.93. The first kappa shape index (κ1) is 21.5. The van der Waals surface area contributed by atoms with Gasteiger partial charge in [0.2, 0.25) is 5.91 Å². The van der Waals surface area contributed by atoms with Crippen LogP contribution in [0.4, 0.5) is 5.69 Å². The van der Waals surface area contributed by atoms with E-state index in [2.05, 4.69) is 10.6 Å². The van der Waals surface area contributed by atoms with Gasteiger partial charge in [-0.05, 0) is 50.3 Å². The standard InChI is InChI=1S/C20H25N3O4S2/c1-14(2)21-20(25)16-8-3-4-9-17(16)22-19(24)15-7-5-11-23(13-15)29(26,27)18-10-6-12-28-18/h3-4,6,8-10,12,14-15H,5,7,11,13H2,1-2H3,(H,21,25)(H,22,24). The van der Waals surface area contributed by atoms with Crippen molar-refractivity contribution in [1.29, 1.82) is 0 Å². The topological polar surface area (TPSA) is 95.6 Å². The van der Waals surface area contributed by atoms with E-state index in [0.29, 0.717) is 30.6 Å². The van der Waals surface area contributed by atoms with Crippen LogP contribution in [0.1, 0.15) is 37.0 Å². The average Bonchev–Trinajstić information content (AvgIpc) is 3.23. The Morgan fingerprint density at radius 3 is 2.62 bits per heavy atom. The first-order valence-corrected chi connectivity index (χ1v) is 11.9. The second-order valence-corrected chi connectivity index (χ2v) is 10.4. The summed E-state index contributed by atoms with van der Waals surface area (Å²) in [5.41, 5.74) is 0.808. The number of nitrogens with one attached hydrogen (secondary N) is 2. The van der Waals surface area contributed by atoms with E-state index < -0.39 is 15.9 Å². The maximum Gasteiger partial charge on any atom is 0.253 e. The van der Waals surface area contributed by atoms with Gasteiger partial charge in [0.1, 0.15) is 4.21 Å². The average molecular weight is 436 g/mol. The van der Waals surface area contributed by atoms with Gasteiger partial charge in [-0.1, -0.05) is 18.2 Å². The Balaban J connectivity index is 1.73. The van der Waals surface area contributed by atoms with E-state index in [4.69, 9.17) is 0 Å². The molecule has 3 rings (SSSR count). The van der Waals surface area contributed by atoms with Crippen molar-refractivity contribution in [3.05, 3.63) is 47.3 Å². The molecule has 9 heteroatoms. The van der Waals surface area contributed by atoms with Crippen molar-refractivity contribution >= 4 is 38.9 Å². The summed E-state index contributed by atoms with van der Waals surface area (Å²) in [7, 11) is -3.59. The molecule has 29 heavy (non-hydrogen) atoms. The third-order valence-electron chi connectivity index (χ3n) is 4.69. The van der Waals surface area contributed by atoms with Crippen LogP contribution >= 0.6 is 11.3 Å². The van der Waals surface area contributed by atoms with Gasteiger partial charge in [0.25, 0.3) is 15.9 Å². The Labute approximate surface area is 175 Å².